The summed E-state index contributed by atoms with van der Waals surface area (Å²) < 4.78 is 27.9. The van der Waals surface area contributed by atoms with Crippen molar-refractivity contribution < 1.29 is 24.1 Å². The Morgan fingerprint density at radius 1 is 1.19 bits per heavy atom. The molecule has 0 spiro atoms. The van der Waals surface area contributed by atoms with Gasteiger partial charge in [0.1, 0.15) is 23.3 Å². The highest BCUT2D eigenvalue weighted by molar-refractivity contribution is 6.14. The van der Waals surface area contributed by atoms with E-state index in [1.165, 1.54) is 6.07 Å². The van der Waals surface area contributed by atoms with Crippen molar-refractivity contribution in [1.29, 1.82) is 0 Å². The predicted octanol–water partition coefficient (Wildman–Crippen LogP) is 3.92. The van der Waals surface area contributed by atoms with E-state index in [9.17, 15) is 14.6 Å². The summed E-state index contributed by atoms with van der Waals surface area (Å²) in [6.07, 6.45) is 3.22. The Hall–Kier alpha value is -2.98. The molecule has 5 rings (SSSR count). The Kier molecular flexibility index (Phi) is 6.74. The van der Waals surface area contributed by atoms with Crippen molar-refractivity contribution >= 4 is 5.71 Å². The molecule has 8 nitrogen and oxygen atoms in total. The van der Waals surface area contributed by atoms with Gasteiger partial charge in [-0.1, -0.05) is 6.07 Å². The van der Waals surface area contributed by atoms with E-state index >= 15 is 0 Å². The van der Waals surface area contributed by atoms with Crippen LogP contribution in [0.5, 0.6) is 0 Å². The van der Waals surface area contributed by atoms with Crippen LogP contribution in [0.2, 0.25) is 0 Å². The molecule has 3 heterocycles. The fourth-order valence-corrected chi connectivity index (χ4v) is 4.72. The fraction of sp³-hybridized carbons (Fsp3) is 0.444. The number of nitrogens with zero attached hydrogens (tertiary/aromatic N) is 4. The van der Waals surface area contributed by atoms with Crippen LogP contribution in [0.1, 0.15) is 67.0 Å². The second-order valence-electron chi connectivity index (χ2n) is 9.44. The third kappa shape index (κ3) is 4.59. The third-order valence-electron chi connectivity index (χ3n) is 6.80. The molecule has 0 amide bonds. The highest BCUT2D eigenvalue weighted by Crippen LogP contribution is 2.44. The molecule has 3 atom stereocenters. The molecule has 190 valence electrons. The van der Waals surface area contributed by atoms with Crippen LogP contribution in [0.15, 0.2) is 47.7 Å². The lowest BCUT2D eigenvalue weighted by molar-refractivity contribution is -0.242. The zero-order valence-electron chi connectivity index (χ0n) is 20.7. The average Bonchev–Trinajstić information content (AvgIpc) is 3.57. The Morgan fingerprint density at radius 2 is 2.00 bits per heavy atom. The number of fused-ring (bicyclic) bond motifs is 3. The van der Waals surface area contributed by atoms with Crippen molar-refractivity contribution in [1.82, 2.24) is 14.5 Å². The summed E-state index contributed by atoms with van der Waals surface area (Å²) in [6, 6.07) is 8.43. The van der Waals surface area contributed by atoms with Crippen LogP contribution in [0.3, 0.4) is 0 Å². The number of ether oxygens (including phenoxy) is 2. The van der Waals surface area contributed by atoms with Crippen LogP contribution in [0.4, 0.5) is 4.39 Å². The number of aliphatic hydroxyl groups excluding tert-OH is 2. The number of rotatable bonds is 9. The molecule has 9 heteroatoms. The molecule has 1 aliphatic carbocycles. The molecule has 2 aliphatic rings. The molecule has 2 N–H and O–H groups in total. The monoisotopic (exact) mass is 494 g/mol. The molecule has 1 aromatic carbocycles. The lowest BCUT2D eigenvalue weighted by Crippen LogP contribution is -2.37. The van der Waals surface area contributed by atoms with Crippen LogP contribution in [0, 0.1) is 19.7 Å². The largest absolute Gasteiger partial charge is 0.368 e. The first-order chi connectivity index (χ1) is 17.3. The Balaban J connectivity index is 1.49. The first kappa shape index (κ1) is 24.7. The molecule has 36 heavy (non-hydrogen) atoms. The SMILES string of the molecule is CCOC(O)C1(OC(O)CC[C@@H]2N=C(c3ccccn3)c3cc(F)c(C)cc3-n3c(C)cnc32)CC1. The summed E-state index contributed by atoms with van der Waals surface area (Å²) in [5, 5.41) is 20.9. The Morgan fingerprint density at radius 3 is 2.69 bits per heavy atom. The number of aliphatic hydroxyl groups is 2. The van der Waals surface area contributed by atoms with E-state index in [-0.39, 0.29) is 12.2 Å². The maximum atomic E-state index is 14.8. The molecule has 0 saturated heterocycles. The van der Waals surface area contributed by atoms with Crippen LogP contribution in [0.25, 0.3) is 5.69 Å². The summed E-state index contributed by atoms with van der Waals surface area (Å²) in [5.74, 6) is 0.384. The minimum Gasteiger partial charge on any atom is -0.368 e. The van der Waals surface area contributed by atoms with Gasteiger partial charge in [0, 0.05) is 36.7 Å². The first-order valence-electron chi connectivity index (χ1n) is 12.3. The molecule has 2 unspecified atom stereocenters. The molecule has 1 fully saturated rings. The quantitative estimate of drug-likeness (QED) is 0.437. The highest BCUT2D eigenvalue weighted by Gasteiger charge is 2.52. The number of imidazole rings is 1. The molecular weight excluding hydrogens is 463 g/mol. The number of aliphatic imine (C=N–C) groups is 1. The number of benzene rings is 1. The number of aromatic nitrogens is 3. The van der Waals surface area contributed by atoms with Crippen molar-refractivity contribution in [2.45, 2.75) is 70.7 Å². The van der Waals surface area contributed by atoms with Crippen molar-refractivity contribution in [3.63, 3.8) is 0 Å². The Bertz CT molecular complexity index is 1270. The molecule has 0 radical (unpaired) electrons. The van der Waals surface area contributed by atoms with Gasteiger partial charge in [-0.25, -0.2) is 9.37 Å². The van der Waals surface area contributed by atoms with Crippen LogP contribution in [-0.4, -0.2) is 55.2 Å². The minimum atomic E-state index is -1.11. The van der Waals surface area contributed by atoms with Gasteiger partial charge in [0.25, 0.3) is 0 Å². The molecule has 3 aromatic rings. The third-order valence-corrected chi connectivity index (χ3v) is 6.80. The maximum absolute atomic E-state index is 14.8. The first-order valence-corrected chi connectivity index (χ1v) is 12.3. The lowest BCUT2D eigenvalue weighted by atomic mass is 10.0. The minimum absolute atomic E-state index is 0.264. The average molecular weight is 495 g/mol. The second-order valence-corrected chi connectivity index (χ2v) is 9.44. The maximum Gasteiger partial charge on any atom is 0.184 e. The van der Waals surface area contributed by atoms with E-state index in [2.05, 4.69) is 9.97 Å². The molecular formula is C27H31FN4O4. The van der Waals surface area contributed by atoms with E-state index < -0.39 is 24.2 Å². The number of pyridine rings is 1. The van der Waals surface area contributed by atoms with Gasteiger partial charge in [0.15, 0.2) is 12.6 Å². The lowest BCUT2D eigenvalue weighted by Gasteiger charge is -2.26. The van der Waals surface area contributed by atoms with E-state index in [0.29, 0.717) is 54.2 Å². The normalized spacial score (nSPS) is 19.6. The number of hydrogen-bond acceptors (Lipinski definition) is 7. The number of halogens is 1. The van der Waals surface area contributed by atoms with Crippen LogP contribution >= 0.6 is 0 Å². The van der Waals surface area contributed by atoms with E-state index in [0.717, 1.165) is 11.4 Å². The van der Waals surface area contributed by atoms with E-state index in [1.54, 1.807) is 26.2 Å². The molecule has 2 aromatic heterocycles. The molecule has 1 aliphatic heterocycles. The summed E-state index contributed by atoms with van der Waals surface area (Å²) in [5.41, 5.74) is 3.19. The van der Waals surface area contributed by atoms with Gasteiger partial charge in [0.2, 0.25) is 0 Å². The predicted molar refractivity (Wildman–Crippen MR) is 132 cm³/mol. The molecule has 0 bridgehead atoms. The zero-order chi connectivity index (χ0) is 25.4. The summed E-state index contributed by atoms with van der Waals surface area (Å²) in [7, 11) is 0. The highest BCUT2D eigenvalue weighted by atomic mass is 19.1. The smallest absolute Gasteiger partial charge is 0.184 e. The van der Waals surface area contributed by atoms with Gasteiger partial charge >= 0.3 is 0 Å². The van der Waals surface area contributed by atoms with Crippen LogP contribution in [-0.2, 0) is 9.47 Å². The van der Waals surface area contributed by atoms with Gasteiger partial charge in [0.05, 0.1) is 17.1 Å². The van der Waals surface area contributed by atoms with Crippen molar-refractivity contribution in [3.8, 4) is 5.69 Å². The van der Waals surface area contributed by atoms with Gasteiger partial charge in [-0.3, -0.25) is 14.5 Å². The number of hydrogen-bond donors (Lipinski definition) is 2. The van der Waals surface area contributed by atoms with Gasteiger partial charge in [-0.05, 0) is 69.9 Å². The van der Waals surface area contributed by atoms with Gasteiger partial charge < -0.3 is 19.7 Å². The number of aryl methyl sites for hydroxylation is 2. The van der Waals surface area contributed by atoms with Crippen molar-refractivity contribution in [2.75, 3.05) is 6.61 Å². The van der Waals surface area contributed by atoms with Crippen LogP contribution < -0.4 is 0 Å². The molecule has 1 saturated carbocycles. The van der Waals surface area contributed by atoms with E-state index in [1.807, 2.05) is 35.8 Å². The summed E-state index contributed by atoms with van der Waals surface area (Å²) in [6.45, 7) is 5.85. The zero-order valence-corrected chi connectivity index (χ0v) is 20.7. The Labute approximate surface area is 209 Å². The second kappa shape index (κ2) is 9.82. The van der Waals surface area contributed by atoms with Crippen molar-refractivity contribution in [2.24, 2.45) is 4.99 Å². The summed E-state index contributed by atoms with van der Waals surface area (Å²) >= 11 is 0. The van der Waals surface area contributed by atoms with Gasteiger partial charge in [-0.15, -0.1) is 0 Å². The van der Waals surface area contributed by atoms with Crippen molar-refractivity contribution in [3.05, 3.63) is 76.9 Å². The topological polar surface area (TPSA) is 102 Å². The fourth-order valence-electron chi connectivity index (χ4n) is 4.72. The van der Waals surface area contributed by atoms with Gasteiger partial charge in [-0.2, -0.15) is 0 Å². The van der Waals surface area contributed by atoms with E-state index in [4.69, 9.17) is 14.5 Å². The standard InChI is InChI=1S/C27H31FN4O4/c1-4-35-26(34)27(10-11-27)36-23(33)9-8-21-25-30-15-17(3)32(25)22-13-16(2)19(28)14-18(22)24(31-21)20-7-5-6-12-29-20/h5-7,12-15,21,23,26,33-34H,4,8-11H2,1-3H3/t21-,23?,26?/m0/s1. The summed E-state index contributed by atoms with van der Waals surface area (Å²) in [4.78, 5) is 14.2.